The van der Waals surface area contributed by atoms with Gasteiger partial charge in [0.15, 0.2) is 17.3 Å². The quantitative estimate of drug-likeness (QED) is 0.175. The molecule has 0 unspecified atom stereocenters. The van der Waals surface area contributed by atoms with E-state index in [9.17, 15) is 4.79 Å². The minimum absolute atomic E-state index is 0.162. The van der Waals surface area contributed by atoms with Crippen molar-refractivity contribution < 1.29 is 9.47 Å². The van der Waals surface area contributed by atoms with E-state index in [-0.39, 0.29) is 5.56 Å². The van der Waals surface area contributed by atoms with Crippen molar-refractivity contribution in [2.45, 2.75) is 38.6 Å². The number of H-pyrrole nitrogens is 1. The van der Waals surface area contributed by atoms with Gasteiger partial charge in [0, 0.05) is 17.8 Å². The smallest absolute Gasteiger partial charge is 0.270 e. The Morgan fingerprint density at radius 1 is 0.822 bits per heavy atom. The van der Waals surface area contributed by atoms with Gasteiger partial charge in [0.05, 0.1) is 41.2 Å². The summed E-state index contributed by atoms with van der Waals surface area (Å²) in [6.07, 6.45) is 5.42. The third-order valence-electron chi connectivity index (χ3n) is 8.64. The fourth-order valence-corrected chi connectivity index (χ4v) is 7.31. The molecule has 0 bridgehead atoms. The number of fused-ring (bicyclic) bond motifs is 2. The molecule has 1 saturated heterocycles. The minimum atomic E-state index is -0.162. The van der Waals surface area contributed by atoms with Gasteiger partial charge in [-0.3, -0.25) is 4.79 Å². The van der Waals surface area contributed by atoms with Crippen LogP contribution in [0.4, 0.5) is 0 Å². The van der Waals surface area contributed by atoms with Crippen LogP contribution in [0.5, 0.6) is 11.5 Å². The number of nitrogens with zero attached hydrogens (tertiary/aromatic N) is 4. The molecule has 0 radical (unpaired) electrons. The van der Waals surface area contributed by atoms with Gasteiger partial charge < -0.3 is 23.9 Å². The summed E-state index contributed by atoms with van der Waals surface area (Å²) in [4.78, 5) is 30.9. The van der Waals surface area contributed by atoms with E-state index in [1.54, 1.807) is 25.6 Å². The predicted octanol–water partition coefficient (Wildman–Crippen LogP) is 7.15. The summed E-state index contributed by atoms with van der Waals surface area (Å²) in [6.45, 7) is 4.28. The molecule has 4 heterocycles. The Morgan fingerprint density at radius 3 is 2.42 bits per heavy atom. The number of likely N-dealkylation sites (tertiary alicyclic amines) is 1. The molecule has 8 nitrogen and oxygen atoms in total. The summed E-state index contributed by atoms with van der Waals surface area (Å²) in [5, 5.41) is 0. The Morgan fingerprint density at radius 2 is 1.62 bits per heavy atom. The normalized spacial score (nSPS) is 13.9. The van der Waals surface area contributed by atoms with Gasteiger partial charge in [0.2, 0.25) is 0 Å². The third-order valence-corrected chi connectivity index (χ3v) is 9.78. The molecule has 0 aliphatic carbocycles. The van der Waals surface area contributed by atoms with Gasteiger partial charge in [0.25, 0.3) is 5.56 Å². The zero-order valence-electron chi connectivity index (χ0n) is 25.7. The van der Waals surface area contributed by atoms with Crippen molar-refractivity contribution in [2.24, 2.45) is 0 Å². The Labute approximate surface area is 266 Å². The van der Waals surface area contributed by atoms with E-state index in [1.165, 1.54) is 32.4 Å². The van der Waals surface area contributed by atoms with E-state index >= 15 is 0 Å². The fourth-order valence-electron chi connectivity index (χ4n) is 6.30. The van der Waals surface area contributed by atoms with Gasteiger partial charge in [-0.2, -0.15) is 0 Å². The number of ether oxygens (including phenoxy) is 2. The average Bonchev–Trinajstić information content (AvgIpc) is 3.70. The number of methoxy groups -OCH3 is 2. The zero-order chi connectivity index (χ0) is 30.8. The summed E-state index contributed by atoms with van der Waals surface area (Å²) >= 11 is 1.71. The van der Waals surface area contributed by atoms with Crippen LogP contribution >= 0.6 is 11.3 Å². The van der Waals surface area contributed by atoms with Gasteiger partial charge in [-0.15, -0.1) is 11.3 Å². The lowest BCUT2D eigenvalue weighted by Crippen LogP contribution is -2.31. The largest absolute Gasteiger partial charge is 0.493 e. The van der Waals surface area contributed by atoms with Crippen LogP contribution in [-0.2, 0) is 13.0 Å². The summed E-state index contributed by atoms with van der Waals surface area (Å²) < 4.78 is 13.3. The zero-order valence-corrected chi connectivity index (χ0v) is 26.5. The number of thiophene rings is 1. The van der Waals surface area contributed by atoms with Crippen LogP contribution in [0.1, 0.15) is 36.9 Å². The highest BCUT2D eigenvalue weighted by Crippen LogP contribution is 2.39. The number of piperidine rings is 1. The monoisotopic (exact) mass is 619 g/mol. The fraction of sp³-hybridized carbons (Fsp3) is 0.306. The van der Waals surface area contributed by atoms with Gasteiger partial charge in [-0.25, -0.2) is 9.97 Å². The van der Waals surface area contributed by atoms with Crippen molar-refractivity contribution in [1.29, 1.82) is 0 Å². The van der Waals surface area contributed by atoms with Crippen molar-refractivity contribution in [2.75, 3.05) is 33.9 Å². The van der Waals surface area contributed by atoms with Crippen LogP contribution < -0.4 is 15.0 Å². The molecular weight excluding hydrogens is 582 g/mol. The highest BCUT2D eigenvalue weighted by Gasteiger charge is 2.19. The van der Waals surface area contributed by atoms with Gasteiger partial charge >= 0.3 is 0 Å². The highest BCUT2D eigenvalue weighted by molar-refractivity contribution is 7.18. The molecule has 6 aromatic rings. The summed E-state index contributed by atoms with van der Waals surface area (Å²) in [6, 6.07) is 24.4. The van der Waals surface area contributed by atoms with E-state index in [4.69, 9.17) is 19.4 Å². The molecule has 230 valence electrons. The second-order valence-corrected chi connectivity index (χ2v) is 12.7. The lowest BCUT2D eigenvalue weighted by molar-refractivity contribution is 0.223. The van der Waals surface area contributed by atoms with Crippen LogP contribution in [0.15, 0.2) is 77.6 Å². The number of hydrogen-bond acceptors (Lipinski definition) is 7. The summed E-state index contributed by atoms with van der Waals surface area (Å²) in [7, 11) is 3.31. The molecule has 7 rings (SSSR count). The first-order chi connectivity index (χ1) is 22.1. The van der Waals surface area contributed by atoms with E-state index < -0.39 is 0 Å². The number of hydrogen-bond donors (Lipinski definition) is 1. The average molecular weight is 620 g/mol. The Balaban J connectivity index is 1.28. The molecule has 0 atom stereocenters. The van der Waals surface area contributed by atoms with Crippen LogP contribution in [-0.4, -0.2) is 58.3 Å². The lowest BCUT2D eigenvalue weighted by atomic mass is 10.1. The molecule has 1 N–H and O–H groups in total. The second kappa shape index (κ2) is 12.9. The topological polar surface area (TPSA) is 85.3 Å². The Bertz CT molecular complexity index is 2010. The van der Waals surface area contributed by atoms with Crippen molar-refractivity contribution in [3.05, 3.63) is 94.4 Å². The van der Waals surface area contributed by atoms with Gasteiger partial charge in [-0.1, -0.05) is 36.8 Å². The molecule has 1 aliphatic rings. The number of aromatic amines is 1. The van der Waals surface area contributed by atoms with Crippen molar-refractivity contribution >= 4 is 33.4 Å². The molecule has 45 heavy (non-hydrogen) atoms. The first-order valence-corrected chi connectivity index (χ1v) is 16.4. The highest BCUT2D eigenvalue weighted by atomic mass is 32.1. The number of imidazole rings is 1. The van der Waals surface area contributed by atoms with Gasteiger partial charge in [0.1, 0.15) is 5.69 Å². The molecular formula is C36H37N5O3S. The molecule has 0 saturated carbocycles. The van der Waals surface area contributed by atoms with Crippen LogP contribution in [0.3, 0.4) is 0 Å². The first kappa shape index (κ1) is 29.3. The molecule has 3 aromatic carbocycles. The number of rotatable bonds is 10. The maximum absolute atomic E-state index is 13.0. The Kier molecular flexibility index (Phi) is 8.37. The van der Waals surface area contributed by atoms with Crippen LogP contribution in [0.25, 0.3) is 43.2 Å². The molecule has 9 heteroatoms. The molecule has 0 amide bonds. The van der Waals surface area contributed by atoms with Crippen LogP contribution in [0.2, 0.25) is 0 Å². The number of nitrogens with one attached hydrogen (secondary N) is 1. The summed E-state index contributed by atoms with van der Waals surface area (Å²) in [5.74, 6) is 2.34. The van der Waals surface area contributed by atoms with E-state index in [0.717, 1.165) is 62.8 Å². The number of aryl methyl sites for hydroxylation is 1. The SMILES string of the molecule is COc1ccc(-c2ccc(-c3nc4cc5[nH]c(=O)c(Cc6ccccc6)nc5cc4n3CCCN3CCCCC3)s2)cc1OC. The molecule has 3 aromatic heterocycles. The predicted molar refractivity (Wildman–Crippen MR) is 182 cm³/mol. The van der Waals surface area contributed by atoms with E-state index in [0.29, 0.717) is 29.1 Å². The first-order valence-electron chi connectivity index (χ1n) is 15.6. The maximum Gasteiger partial charge on any atom is 0.270 e. The Hall–Kier alpha value is -4.47. The third kappa shape index (κ3) is 6.10. The van der Waals surface area contributed by atoms with E-state index in [1.807, 2.05) is 48.5 Å². The molecule has 1 aliphatic heterocycles. The van der Waals surface area contributed by atoms with Crippen molar-refractivity contribution in [3.8, 4) is 32.6 Å². The molecule has 0 spiro atoms. The lowest BCUT2D eigenvalue weighted by Gasteiger charge is -2.26. The summed E-state index contributed by atoms with van der Waals surface area (Å²) in [5.41, 5.74) is 5.83. The van der Waals surface area contributed by atoms with E-state index in [2.05, 4.69) is 38.7 Å². The second-order valence-electron chi connectivity index (χ2n) is 11.6. The number of benzene rings is 3. The van der Waals surface area contributed by atoms with Crippen molar-refractivity contribution in [1.82, 2.24) is 24.4 Å². The van der Waals surface area contributed by atoms with Gasteiger partial charge in [-0.05, 0) is 92.5 Å². The maximum atomic E-state index is 13.0. The standard InChI is InChI=1S/C36H37N5O3S/c1-43-31-13-12-25(21-32(31)44-2)33-14-15-34(45-33)35-38-28-22-26-27(37-29(36(42)39-26)20-24-10-5-3-6-11-24)23-30(28)41(35)19-9-18-40-16-7-4-8-17-40/h3,5-6,10-15,21-23H,4,7-9,16-20H2,1-2H3,(H,39,42). The minimum Gasteiger partial charge on any atom is -0.493 e. The number of aromatic nitrogens is 4. The van der Waals surface area contributed by atoms with Crippen molar-refractivity contribution in [3.63, 3.8) is 0 Å². The van der Waals surface area contributed by atoms with Crippen LogP contribution in [0, 0.1) is 0 Å². The molecule has 1 fully saturated rings.